The minimum absolute atomic E-state index is 0.0448. The first kappa shape index (κ1) is 19.2. The molecular formula is C19H35N3O2. The smallest absolute Gasteiger partial charge is 0.225 e. The molecule has 0 unspecified atom stereocenters. The summed E-state index contributed by atoms with van der Waals surface area (Å²) in [4.78, 5) is 26.7. The molecule has 2 rings (SSSR count). The molecule has 3 N–H and O–H groups in total. The molecule has 0 aromatic carbocycles. The van der Waals surface area contributed by atoms with E-state index in [1.54, 1.807) is 0 Å². The quantitative estimate of drug-likeness (QED) is 0.781. The van der Waals surface area contributed by atoms with Crippen molar-refractivity contribution in [3.8, 4) is 0 Å². The molecule has 0 spiro atoms. The van der Waals surface area contributed by atoms with E-state index in [4.69, 9.17) is 5.73 Å². The van der Waals surface area contributed by atoms with Gasteiger partial charge >= 0.3 is 0 Å². The lowest BCUT2D eigenvalue weighted by atomic mass is 9.84. The summed E-state index contributed by atoms with van der Waals surface area (Å²) in [6.45, 7) is 5.45. The summed E-state index contributed by atoms with van der Waals surface area (Å²) in [5, 5.41) is 3.22. The molecule has 0 aromatic rings. The van der Waals surface area contributed by atoms with E-state index in [1.165, 1.54) is 12.8 Å². The number of hydrogen-bond acceptors (Lipinski definition) is 3. The molecule has 0 bridgehead atoms. The van der Waals surface area contributed by atoms with Gasteiger partial charge in [-0.25, -0.2) is 0 Å². The topological polar surface area (TPSA) is 75.4 Å². The van der Waals surface area contributed by atoms with E-state index in [2.05, 4.69) is 19.2 Å². The number of nitrogens with one attached hydrogen (secondary N) is 1. The first-order valence-corrected chi connectivity index (χ1v) is 9.58. The molecule has 2 amide bonds. The Bertz CT molecular complexity index is 436. The van der Waals surface area contributed by atoms with Crippen molar-refractivity contribution in [3.63, 3.8) is 0 Å². The van der Waals surface area contributed by atoms with Gasteiger partial charge in [0.05, 0.1) is 0 Å². The number of amides is 2. The summed E-state index contributed by atoms with van der Waals surface area (Å²) in [6, 6.07) is 0.257. The molecule has 138 valence electrons. The van der Waals surface area contributed by atoms with Gasteiger partial charge in [-0.05, 0) is 50.5 Å². The van der Waals surface area contributed by atoms with Crippen LogP contribution in [-0.2, 0) is 9.59 Å². The average molecular weight is 338 g/mol. The van der Waals surface area contributed by atoms with Crippen LogP contribution in [0.15, 0.2) is 0 Å². The fraction of sp³-hybridized carbons (Fsp3) is 0.895. The monoisotopic (exact) mass is 337 g/mol. The van der Waals surface area contributed by atoms with Crippen LogP contribution in [-0.4, -0.2) is 42.9 Å². The highest BCUT2D eigenvalue weighted by Gasteiger charge is 2.32. The summed E-state index contributed by atoms with van der Waals surface area (Å²) < 4.78 is 0. The first-order valence-electron chi connectivity index (χ1n) is 9.58. The van der Waals surface area contributed by atoms with Crippen LogP contribution in [0.5, 0.6) is 0 Å². The maximum Gasteiger partial charge on any atom is 0.225 e. The van der Waals surface area contributed by atoms with E-state index < -0.39 is 0 Å². The average Bonchev–Trinajstić information content (AvgIpc) is 3.09. The number of rotatable bonds is 6. The predicted molar refractivity (Wildman–Crippen MR) is 96.3 cm³/mol. The van der Waals surface area contributed by atoms with Gasteiger partial charge in [0.2, 0.25) is 11.8 Å². The van der Waals surface area contributed by atoms with Gasteiger partial charge in [-0.2, -0.15) is 0 Å². The van der Waals surface area contributed by atoms with Crippen LogP contribution in [0, 0.1) is 17.3 Å². The largest absolute Gasteiger partial charge is 0.353 e. The Balaban J connectivity index is 1.75. The lowest BCUT2D eigenvalue weighted by Crippen LogP contribution is -2.45. The minimum atomic E-state index is -0.0448. The van der Waals surface area contributed by atoms with Crippen LogP contribution in [0.4, 0.5) is 0 Å². The second kappa shape index (κ2) is 8.32. The molecule has 2 aliphatic rings. The molecule has 0 heterocycles. The van der Waals surface area contributed by atoms with Gasteiger partial charge in [-0.15, -0.1) is 0 Å². The fourth-order valence-electron chi connectivity index (χ4n) is 4.09. The third-order valence-corrected chi connectivity index (χ3v) is 5.74. The molecule has 0 saturated heterocycles. The van der Waals surface area contributed by atoms with Crippen LogP contribution in [0.1, 0.15) is 65.2 Å². The zero-order valence-corrected chi connectivity index (χ0v) is 15.6. The molecule has 0 radical (unpaired) electrons. The zero-order chi connectivity index (χ0) is 17.7. The number of nitrogens with zero attached hydrogens (tertiary/aromatic N) is 1. The van der Waals surface area contributed by atoms with Crippen LogP contribution in [0.3, 0.4) is 0 Å². The number of carbonyl (C=O) groups excluding carboxylic acids is 2. The molecule has 5 heteroatoms. The first-order chi connectivity index (χ1) is 11.3. The van der Waals surface area contributed by atoms with Gasteiger partial charge < -0.3 is 16.0 Å². The molecule has 0 aromatic heterocycles. The maximum atomic E-state index is 12.6. The van der Waals surface area contributed by atoms with Crippen molar-refractivity contribution >= 4 is 11.8 Å². The number of nitrogens with two attached hydrogens (primary N) is 1. The molecule has 2 fully saturated rings. The second-order valence-electron chi connectivity index (χ2n) is 8.60. The molecule has 5 nitrogen and oxygen atoms in total. The summed E-state index contributed by atoms with van der Waals surface area (Å²) in [7, 11) is 1.88. The standard InChI is InChI=1S/C19H35N3O2/c1-19(2,12-20)13-22(3)18(24)15-8-10-16(11-9-15)21-17(23)14-6-4-5-7-14/h14-16H,4-13,20H2,1-3H3,(H,21,23). The van der Waals surface area contributed by atoms with Crippen LogP contribution in [0.2, 0.25) is 0 Å². The van der Waals surface area contributed by atoms with E-state index in [0.717, 1.165) is 38.5 Å². The Kier molecular flexibility index (Phi) is 6.67. The van der Waals surface area contributed by atoms with Crippen molar-refractivity contribution < 1.29 is 9.59 Å². The van der Waals surface area contributed by atoms with Crippen LogP contribution < -0.4 is 11.1 Å². The van der Waals surface area contributed by atoms with E-state index in [9.17, 15) is 9.59 Å². The third-order valence-electron chi connectivity index (χ3n) is 5.74. The van der Waals surface area contributed by atoms with Crippen molar-refractivity contribution in [2.45, 2.75) is 71.3 Å². The minimum Gasteiger partial charge on any atom is -0.353 e. The van der Waals surface area contributed by atoms with E-state index in [0.29, 0.717) is 13.1 Å². The van der Waals surface area contributed by atoms with E-state index in [1.807, 2.05) is 11.9 Å². The molecule has 2 saturated carbocycles. The maximum absolute atomic E-state index is 12.6. The lowest BCUT2D eigenvalue weighted by molar-refractivity contribution is -0.136. The number of hydrogen-bond donors (Lipinski definition) is 2. The Morgan fingerprint density at radius 3 is 2.17 bits per heavy atom. The summed E-state index contributed by atoms with van der Waals surface area (Å²) in [6.07, 6.45) is 8.05. The van der Waals surface area contributed by atoms with Gasteiger partial charge in [0, 0.05) is 31.5 Å². The Morgan fingerprint density at radius 1 is 1.04 bits per heavy atom. The van der Waals surface area contributed by atoms with Crippen molar-refractivity contribution in [1.29, 1.82) is 0 Å². The Labute approximate surface area is 146 Å². The summed E-state index contributed by atoms with van der Waals surface area (Å²) in [5.41, 5.74) is 5.73. The van der Waals surface area contributed by atoms with Crippen molar-refractivity contribution in [2.24, 2.45) is 23.0 Å². The van der Waals surface area contributed by atoms with Crippen LogP contribution >= 0.6 is 0 Å². The van der Waals surface area contributed by atoms with Gasteiger partial charge in [0.15, 0.2) is 0 Å². The highest BCUT2D eigenvalue weighted by Crippen LogP contribution is 2.29. The Hall–Kier alpha value is -1.10. The molecule has 0 atom stereocenters. The van der Waals surface area contributed by atoms with E-state index >= 15 is 0 Å². The highest BCUT2D eigenvalue weighted by atomic mass is 16.2. The highest BCUT2D eigenvalue weighted by molar-refractivity contribution is 5.80. The van der Waals surface area contributed by atoms with Gasteiger partial charge in [0.25, 0.3) is 0 Å². The lowest BCUT2D eigenvalue weighted by Gasteiger charge is -2.34. The Morgan fingerprint density at radius 2 is 1.62 bits per heavy atom. The van der Waals surface area contributed by atoms with Crippen LogP contribution in [0.25, 0.3) is 0 Å². The molecule has 24 heavy (non-hydrogen) atoms. The van der Waals surface area contributed by atoms with Crippen molar-refractivity contribution in [3.05, 3.63) is 0 Å². The van der Waals surface area contributed by atoms with Gasteiger partial charge in [-0.1, -0.05) is 26.7 Å². The summed E-state index contributed by atoms with van der Waals surface area (Å²) in [5.74, 6) is 0.804. The van der Waals surface area contributed by atoms with Gasteiger partial charge in [-0.3, -0.25) is 9.59 Å². The fourth-order valence-corrected chi connectivity index (χ4v) is 4.09. The molecule has 2 aliphatic carbocycles. The van der Waals surface area contributed by atoms with Gasteiger partial charge in [0.1, 0.15) is 0 Å². The number of carbonyl (C=O) groups is 2. The summed E-state index contributed by atoms with van der Waals surface area (Å²) >= 11 is 0. The predicted octanol–water partition coefficient (Wildman–Crippen LogP) is 2.29. The molecule has 0 aliphatic heterocycles. The SMILES string of the molecule is CN(CC(C)(C)CN)C(=O)C1CCC(NC(=O)C2CCCC2)CC1. The normalized spacial score (nSPS) is 25.5. The zero-order valence-electron chi connectivity index (χ0n) is 15.6. The second-order valence-corrected chi connectivity index (χ2v) is 8.60. The van der Waals surface area contributed by atoms with Crippen molar-refractivity contribution in [1.82, 2.24) is 10.2 Å². The van der Waals surface area contributed by atoms with E-state index in [-0.39, 0.29) is 35.1 Å². The van der Waals surface area contributed by atoms with Crippen molar-refractivity contribution in [2.75, 3.05) is 20.1 Å². The molecular weight excluding hydrogens is 302 g/mol. The third kappa shape index (κ3) is 5.20.